The van der Waals surface area contributed by atoms with E-state index in [0.717, 1.165) is 30.1 Å². The first-order valence-electron chi connectivity index (χ1n) is 6.39. The number of carbonyl (C=O) groups is 1. The van der Waals surface area contributed by atoms with Gasteiger partial charge in [0.15, 0.2) is 0 Å². The van der Waals surface area contributed by atoms with Crippen molar-refractivity contribution in [3.05, 3.63) is 16.0 Å². The number of thiophene rings is 1. The lowest BCUT2D eigenvalue weighted by Gasteiger charge is -2.21. The average molecular weight is 276 g/mol. The Balaban J connectivity index is 2.03. The number of carbonyl (C=O) groups excluding carboxylic acids is 1. The molecule has 1 saturated heterocycles. The van der Waals surface area contributed by atoms with E-state index in [1.165, 1.54) is 4.88 Å². The molecule has 2 aliphatic heterocycles. The number of hydrogen-bond donors (Lipinski definition) is 1. The van der Waals surface area contributed by atoms with E-state index < -0.39 is 0 Å². The predicted octanol–water partition coefficient (Wildman–Crippen LogP) is 0.672. The maximum Gasteiger partial charge on any atom is 0.229 e. The quantitative estimate of drug-likeness (QED) is 0.818. The normalized spacial score (nSPS) is 23.5. The van der Waals surface area contributed by atoms with E-state index >= 15 is 0 Å². The van der Waals surface area contributed by atoms with Crippen LogP contribution in [0.2, 0.25) is 0 Å². The minimum absolute atomic E-state index is 0.0379. The van der Waals surface area contributed by atoms with E-state index in [1.807, 2.05) is 0 Å². The molecule has 0 aromatic carbocycles. The van der Waals surface area contributed by atoms with Crippen LogP contribution in [-0.2, 0) is 17.8 Å². The molecule has 1 aromatic rings. The first-order chi connectivity index (χ1) is 9.10. The van der Waals surface area contributed by atoms with Gasteiger partial charge in [-0.25, -0.2) is 0 Å². The zero-order valence-corrected chi connectivity index (χ0v) is 11.7. The van der Waals surface area contributed by atoms with Crippen LogP contribution in [0.1, 0.15) is 22.4 Å². The van der Waals surface area contributed by atoms with Crippen LogP contribution in [0, 0.1) is 11.3 Å². The van der Waals surface area contributed by atoms with Gasteiger partial charge in [0.25, 0.3) is 0 Å². The summed E-state index contributed by atoms with van der Waals surface area (Å²) in [4.78, 5) is 17.1. The lowest BCUT2D eigenvalue weighted by Crippen LogP contribution is -2.28. The Morgan fingerprint density at radius 2 is 2.32 bits per heavy atom. The third kappa shape index (κ3) is 2.04. The Hall–Kier alpha value is -1.42. The molecule has 19 heavy (non-hydrogen) atoms. The summed E-state index contributed by atoms with van der Waals surface area (Å²) in [7, 11) is 2.07. The molecule has 1 atom stereocenters. The number of amides is 1. The van der Waals surface area contributed by atoms with E-state index in [0.29, 0.717) is 18.5 Å². The van der Waals surface area contributed by atoms with Gasteiger partial charge in [-0.05, 0) is 19.0 Å². The predicted molar refractivity (Wildman–Crippen MR) is 74.0 cm³/mol. The van der Waals surface area contributed by atoms with Crippen molar-refractivity contribution in [1.29, 1.82) is 5.26 Å². The van der Waals surface area contributed by atoms with Gasteiger partial charge < -0.3 is 15.5 Å². The van der Waals surface area contributed by atoms with Crippen molar-refractivity contribution in [2.45, 2.75) is 25.4 Å². The molecular formula is C13H16N4OS. The molecule has 2 N–H and O–H groups in total. The Kier molecular flexibility index (Phi) is 3.05. The van der Waals surface area contributed by atoms with Crippen molar-refractivity contribution in [3.63, 3.8) is 0 Å². The summed E-state index contributed by atoms with van der Waals surface area (Å²) in [5, 5.41) is 10.2. The average Bonchev–Trinajstić information content (AvgIpc) is 2.88. The second kappa shape index (κ2) is 4.60. The molecule has 0 spiro atoms. The molecule has 2 aliphatic rings. The standard InChI is InChI=1S/C13H16N4OS/c1-16-3-2-9-10(5-14)13(19-11(9)7-16)17-6-8(15)4-12(17)18/h8H,2-4,6-7,15H2,1H3. The summed E-state index contributed by atoms with van der Waals surface area (Å²) in [6.45, 7) is 2.36. The molecule has 1 unspecified atom stereocenters. The van der Waals surface area contributed by atoms with Crippen molar-refractivity contribution < 1.29 is 4.79 Å². The van der Waals surface area contributed by atoms with Gasteiger partial charge in [-0.3, -0.25) is 4.79 Å². The third-order valence-electron chi connectivity index (χ3n) is 3.74. The molecule has 0 saturated carbocycles. The summed E-state index contributed by atoms with van der Waals surface area (Å²) in [6, 6.07) is 2.18. The highest BCUT2D eigenvalue weighted by Gasteiger charge is 2.33. The summed E-state index contributed by atoms with van der Waals surface area (Å²) >= 11 is 1.58. The van der Waals surface area contributed by atoms with Gasteiger partial charge in [0, 0.05) is 37.0 Å². The van der Waals surface area contributed by atoms with E-state index in [-0.39, 0.29) is 11.9 Å². The Labute approximate surface area is 116 Å². The fourth-order valence-corrected chi connectivity index (χ4v) is 4.16. The highest BCUT2D eigenvalue weighted by Crippen LogP contribution is 2.39. The van der Waals surface area contributed by atoms with Crippen molar-refractivity contribution in [3.8, 4) is 6.07 Å². The Bertz CT molecular complexity index is 574. The molecule has 3 rings (SSSR count). The molecule has 0 aliphatic carbocycles. The number of nitriles is 1. The van der Waals surface area contributed by atoms with Gasteiger partial charge in [-0.2, -0.15) is 5.26 Å². The first-order valence-corrected chi connectivity index (χ1v) is 7.21. The van der Waals surface area contributed by atoms with Crippen LogP contribution in [0.4, 0.5) is 5.00 Å². The molecule has 0 bridgehead atoms. The van der Waals surface area contributed by atoms with E-state index in [9.17, 15) is 10.1 Å². The number of nitrogens with zero attached hydrogens (tertiary/aromatic N) is 3. The van der Waals surface area contributed by atoms with Crippen LogP contribution in [0.15, 0.2) is 0 Å². The summed E-state index contributed by atoms with van der Waals surface area (Å²) in [5.41, 5.74) is 7.66. The monoisotopic (exact) mass is 276 g/mol. The van der Waals surface area contributed by atoms with Gasteiger partial charge >= 0.3 is 0 Å². The summed E-state index contributed by atoms with van der Waals surface area (Å²) in [6.07, 6.45) is 1.27. The van der Waals surface area contributed by atoms with Crippen molar-refractivity contribution in [2.75, 3.05) is 25.0 Å². The van der Waals surface area contributed by atoms with Crippen LogP contribution in [-0.4, -0.2) is 37.0 Å². The van der Waals surface area contributed by atoms with Gasteiger partial charge in [0.1, 0.15) is 11.1 Å². The van der Waals surface area contributed by atoms with E-state index in [4.69, 9.17) is 5.73 Å². The largest absolute Gasteiger partial charge is 0.326 e. The van der Waals surface area contributed by atoms with Gasteiger partial charge in [-0.1, -0.05) is 0 Å². The number of anilines is 1. The molecular weight excluding hydrogens is 260 g/mol. The highest BCUT2D eigenvalue weighted by molar-refractivity contribution is 7.16. The molecule has 100 valence electrons. The molecule has 1 fully saturated rings. The summed E-state index contributed by atoms with van der Waals surface area (Å²) < 4.78 is 0. The SMILES string of the molecule is CN1CCc2c(sc(N3CC(N)CC3=O)c2C#N)C1. The fraction of sp³-hybridized carbons (Fsp3) is 0.538. The van der Waals surface area contributed by atoms with Gasteiger partial charge in [-0.15, -0.1) is 11.3 Å². The molecule has 0 radical (unpaired) electrons. The fourth-order valence-electron chi connectivity index (χ4n) is 2.75. The second-order valence-corrected chi connectivity index (χ2v) is 6.34. The lowest BCUT2D eigenvalue weighted by atomic mass is 10.0. The van der Waals surface area contributed by atoms with Crippen LogP contribution < -0.4 is 10.6 Å². The second-order valence-electron chi connectivity index (χ2n) is 5.25. The Morgan fingerprint density at radius 3 is 2.95 bits per heavy atom. The number of nitrogens with two attached hydrogens (primary N) is 1. The zero-order valence-electron chi connectivity index (χ0n) is 10.8. The molecule has 1 amide bonds. The number of likely N-dealkylation sites (N-methyl/N-ethyl adjacent to an activating group) is 1. The number of hydrogen-bond acceptors (Lipinski definition) is 5. The van der Waals surface area contributed by atoms with Crippen LogP contribution >= 0.6 is 11.3 Å². The molecule has 5 nitrogen and oxygen atoms in total. The third-order valence-corrected chi connectivity index (χ3v) is 4.98. The minimum Gasteiger partial charge on any atom is -0.326 e. The molecule has 3 heterocycles. The topological polar surface area (TPSA) is 73.4 Å². The van der Waals surface area contributed by atoms with Crippen LogP contribution in [0.3, 0.4) is 0 Å². The van der Waals surface area contributed by atoms with Crippen LogP contribution in [0.25, 0.3) is 0 Å². The molecule has 1 aromatic heterocycles. The maximum atomic E-state index is 12.0. The minimum atomic E-state index is -0.110. The number of rotatable bonds is 1. The van der Waals surface area contributed by atoms with Gasteiger partial charge in [0.2, 0.25) is 5.91 Å². The molecule has 6 heteroatoms. The smallest absolute Gasteiger partial charge is 0.229 e. The zero-order chi connectivity index (χ0) is 13.6. The highest BCUT2D eigenvalue weighted by atomic mass is 32.1. The van der Waals surface area contributed by atoms with Crippen molar-refractivity contribution >= 4 is 22.2 Å². The maximum absolute atomic E-state index is 12.0. The lowest BCUT2D eigenvalue weighted by molar-refractivity contribution is -0.117. The Morgan fingerprint density at radius 1 is 1.53 bits per heavy atom. The van der Waals surface area contributed by atoms with Crippen LogP contribution in [0.5, 0.6) is 0 Å². The van der Waals surface area contributed by atoms with E-state index in [2.05, 4.69) is 18.0 Å². The van der Waals surface area contributed by atoms with Crippen molar-refractivity contribution in [1.82, 2.24) is 4.90 Å². The summed E-state index contributed by atoms with van der Waals surface area (Å²) in [5.74, 6) is 0.0379. The first kappa shape index (κ1) is 12.6. The van der Waals surface area contributed by atoms with E-state index in [1.54, 1.807) is 16.2 Å². The van der Waals surface area contributed by atoms with Gasteiger partial charge in [0.05, 0.1) is 5.56 Å². The van der Waals surface area contributed by atoms with Crippen molar-refractivity contribution in [2.24, 2.45) is 5.73 Å². The number of fused-ring (bicyclic) bond motifs is 1.